The first-order valence-electron chi connectivity index (χ1n) is 15.0. The molecule has 2 aliphatic rings. The number of benzene rings is 3. The predicted octanol–water partition coefficient (Wildman–Crippen LogP) is 6.72. The van der Waals surface area contributed by atoms with Crippen LogP contribution in [0.5, 0.6) is 0 Å². The maximum atomic E-state index is 13.7. The quantitative estimate of drug-likeness (QED) is 0.308. The van der Waals surface area contributed by atoms with Gasteiger partial charge in [0.05, 0.1) is 16.5 Å². The van der Waals surface area contributed by atoms with E-state index in [9.17, 15) is 35.9 Å². The number of nitrogens with one attached hydrogen (secondary N) is 1. The molecular weight excluding hydrogens is 596 g/mol. The van der Waals surface area contributed by atoms with Gasteiger partial charge in [-0.3, -0.25) is 9.59 Å². The molecular formula is C34H35F6N3O2. The van der Waals surface area contributed by atoms with Crippen molar-refractivity contribution in [2.24, 2.45) is 0 Å². The fourth-order valence-electron chi connectivity index (χ4n) is 6.87. The molecule has 2 aliphatic heterocycles. The predicted molar refractivity (Wildman–Crippen MR) is 157 cm³/mol. The summed E-state index contributed by atoms with van der Waals surface area (Å²) < 4.78 is 81.5. The van der Waals surface area contributed by atoms with E-state index in [-0.39, 0.29) is 24.6 Å². The van der Waals surface area contributed by atoms with Crippen LogP contribution in [0.25, 0.3) is 0 Å². The molecule has 2 amide bonds. The standard InChI is InChI=1S/C34H35F6N3O2/c1-41-31(45)32(25-10-6-3-7-11-25)13-16-42(17-14-32)28-12-15-43(29(22-28)18-23-8-4-2-5-9-23)30(44)24-19-26(33(35,36)37)21-27(20-24)34(38,39)40/h2-11,19-21,28-29H,12-18,22H2,1H3,(H,41,45). The maximum Gasteiger partial charge on any atom is 0.416 e. The third kappa shape index (κ3) is 7.03. The lowest BCUT2D eigenvalue weighted by atomic mass is 9.71. The molecule has 1 N–H and O–H groups in total. The highest BCUT2D eigenvalue weighted by Crippen LogP contribution is 2.39. The first kappa shape index (κ1) is 32.5. The molecule has 2 atom stereocenters. The molecule has 0 spiro atoms. The molecule has 3 aromatic carbocycles. The molecule has 3 aromatic rings. The summed E-state index contributed by atoms with van der Waals surface area (Å²) >= 11 is 0. The number of hydrogen-bond acceptors (Lipinski definition) is 3. The minimum absolute atomic E-state index is 0.0217. The summed E-state index contributed by atoms with van der Waals surface area (Å²) in [7, 11) is 1.63. The van der Waals surface area contributed by atoms with Crippen LogP contribution in [0.15, 0.2) is 78.9 Å². The van der Waals surface area contributed by atoms with Gasteiger partial charge in [0.2, 0.25) is 5.91 Å². The normalized spacial score (nSPS) is 20.9. The SMILES string of the molecule is CNC(=O)C1(c2ccccc2)CCN(C2CCN(C(=O)c3cc(C(F)(F)F)cc(C(F)(F)F)c3)C(Cc3ccccc3)C2)CC1. The molecule has 240 valence electrons. The average Bonchev–Trinajstić information content (AvgIpc) is 3.04. The van der Waals surface area contributed by atoms with Gasteiger partial charge in [-0.1, -0.05) is 60.7 Å². The van der Waals surface area contributed by atoms with Crippen LogP contribution in [0.2, 0.25) is 0 Å². The summed E-state index contributed by atoms with van der Waals surface area (Å²) in [5.41, 5.74) is -2.48. The Balaban J connectivity index is 1.40. The third-order valence-electron chi connectivity index (χ3n) is 9.25. The Labute approximate surface area is 258 Å². The van der Waals surface area contributed by atoms with Crippen molar-refractivity contribution >= 4 is 11.8 Å². The Hall–Kier alpha value is -3.86. The van der Waals surface area contributed by atoms with Gasteiger partial charge in [0, 0.05) is 31.2 Å². The molecule has 2 unspecified atom stereocenters. The number of nitrogens with zero attached hydrogens (tertiary/aromatic N) is 2. The van der Waals surface area contributed by atoms with Crippen molar-refractivity contribution in [1.82, 2.24) is 15.1 Å². The second-order valence-corrected chi connectivity index (χ2v) is 11.9. The van der Waals surface area contributed by atoms with Gasteiger partial charge in [0.25, 0.3) is 5.91 Å². The van der Waals surface area contributed by atoms with Gasteiger partial charge in [-0.05, 0) is 74.5 Å². The van der Waals surface area contributed by atoms with Gasteiger partial charge in [0.15, 0.2) is 0 Å². The molecule has 2 saturated heterocycles. The third-order valence-corrected chi connectivity index (χ3v) is 9.25. The highest BCUT2D eigenvalue weighted by Gasteiger charge is 2.45. The Morgan fingerprint density at radius 2 is 1.38 bits per heavy atom. The number of hydrogen-bond donors (Lipinski definition) is 1. The summed E-state index contributed by atoms with van der Waals surface area (Å²) in [5.74, 6) is -0.901. The van der Waals surface area contributed by atoms with E-state index in [4.69, 9.17) is 0 Å². The molecule has 11 heteroatoms. The summed E-state index contributed by atoms with van der Waals surface area (Å²) in [5, 5.41) is 2.82. The number of alkyl halides is 6. The lowest BCUT2D eigenvalue weighted by molar-refractivity contribution is -0.143. The fraction of sp³-hybridized carbons (Fsp3) is 0.412. The van der Waals surface area contributed by atoms with E-state index in [1.54, 1.807) is 7.05 Å². The summed E-state index contributed by atoms with van der Waals surface area (Å²) in [6.07, 6.45) is -7.54. The zero-order valence-corrected chi connectivity index (χ0v) is 24.8. The number of halogens is 6. The molecule has 0 saturated carbocycles. The minimum atomic E-state index is -5.05. The van der Waals surface area contributed by atoms with Crippen LogP contribution in [-0.4, -0.2) is 60.4 Å². The number of likely N-dealkylation sites (tertiary alicyclic amines) is 2. The van der Waals surface area contributed by atoms with E-state index in [0.29, 0.717) is 57.3 Å². The van der Waals surface area contributed by atoms with Crippen molar-refractivity contribution in [3.63, 3.8) is 0 Å². The van der Waals surface area contributed by atoms with Gasteiger partial charge in [0.1, 0.15) is 0 Å². The first-order valence-corrected chi connectivity index (χ1v) is 15.0. The van der Waals surface area contributed by atoms with Gasteiger partial charge >= 0.3 is 12.4 Å². The highest BCUT2D eigenvalue weighted by atomic mass is 19.4. The number of amides is 2. The smallest absolute Gasteiger partial charge is 0.358 e. The van der Waals surface area contributed by atoms with Crippen LogP contribution in [0.1, 0.15) is 58.3 Å². The molecule has 2 fully saturated rings. The Kier molecular flexibility index (Phi) is 9.30. The van der Waals surface area contributed by atoms with Crippen molar-refractivity contribution < 1.29 is 35.9 Å². The zero-order chi connectivity index (χ0) is 32.4. The largest absolute Gasteiger partial charge is 0.416 e. The Morgan fingerprint density at radius 1 is 0.822 bits per heavy atom. The van der Waals surface area contributed by atoms with Crippen molar-refractivity contribution in [2.75, 3.05) is 26.7 Å². The van der Waals surface area contributed by atoms with Crippen LogP contribution in [0, 0.1) is 0 Å². The van der Waals surface area contributed by atoms with E-state index >= 15 is 0 Å². The van der Waals surface area contributed by atoms with E-state index in [2.05, 4.69) is 10.2 Å². The summed E-state index contributed by atoms with van der Waals surface area (Å²) in [6.45, 7) is 1.43. The number of likely N-dealkylation sites (N-methyl/N-ethyl adjacent to an activating group) is 1. The highest BCUT2D eigenvalue weighted by molar-refractivity contribution is 5.95. The molecule has 5 rings (SSSR count). The summed E-state index contributed by atoms with van der Waals surface area (Å²) in [6, 6.07) is 19.6. The fourth-order valence-corrected chi connectivity index (χ4v) is 6.87. The number of carbonyl (C=O) groups is 2. The molecule has 0 radical (unpaired) electrons. The van der Waals surface area contributed by atoms with Gasteiger partial charge in [-0.25, -0.2) is 0 Å². The average molecular weight is 632 g/mol. The number of piperidine rings is 2. The lowest BCUT2D eigenvalue weighted by Gasteiger charge is -2.48. The van der Waals surface area contributed by atoms with Crippen molar-refractivity contribution in [3.05, 3.63) is 107 Å². The second-order valence-electron chi connectivity index (χ2n) is 11.9. The monoisotopic (exact) mass is 631 g/mol. The first-order chi connectivity index (χ1) is 21.3. The van der Waals surface area contributed by atoms with Gasteiger partial charge in [-0.15, -0.1) is 0 Å². The van der Waals surface area contributed by atoms with Crippen LogP contribution in [0.3, 0.4) is 0 Å². The van der Waals surface area contributed by atoms with Gasteiger partial charge < -0.3 is 15.1 Å². The molecule has 0 aliphatic carbocycles. The molecule has 0 aromatic heterocycles. The maximum absolute atomic E-state index is 13.7. The Bertz CT molecular complexity index is 1450. The topological polar surface area (TPSA) is 52.7 Å². The van der Waals surface area contributed by atoms with Crippen molar-refractivity contribution in [1.29, 1.82) is 0 Å². The summed E-state index contributed by atoms with van der Waals surface area (Å²) in [4.78, 5) is 30.6. The van der Waals surface area contributed by atoms with Crippen LogP contribution < -0.4 is 5.32 Å². The van der Waals surface area contributed by atoms with Crippen molar-refractivity contribution in [3.8, 4) is 0 Å². The number of carbonyl (C=O) groups excluding carboxylic acids is 2. The lowest BCUT2D eigenvalue weighted by Crippen LogP contribution is -2.57. The van der Waals surface area contributed by atoms with E-state index in [1.807, 2.05) is 60.7 Å². The Morgan fingerprint density at radius 3 is 1.91 bits per heavy atom. The molecule has 45 heavy (non-hydrogen) atoms. The molecule has 2 heterocycles. The van der Waals surface area contributed by atoms with Crippen LogP contribution >= 0.6 is 0 Å². The van der Waals surface area contributed by atoms with E-state index < -0.39 is 46.4 Å². The van der Waals surface area contributed by atoms with Crippen molar-refractivity contribution in [2.45, 2.75) is 62.0 Å². The van der Waals surface area contributed by atoms with Crippen LogP contribution in [0.4, 0.5) is 26.3 Å². The molecule has 0 bridgehead atoms. The molecule has 5 nitrogen and oxygen atoms in total. The van der Waals surface area contributed by atoms with E-state index in [0.717, 1.165) is 11.1 Å². The minimum Gasteiger partial charge on any atom is -0.358 e. The second kappa shape index (κ2) is 12.9. The van der Waals surface area contributed by atoms with E-state index in [1.165, 1.54) is 4.90 Å². The zero-order valence-electron chi connectivity index (χ0n) is 24.8. The van der Waals surface area contributed by atoms with Gasteiger partial charge in [-0.2, -0.15) is 26.3 Å². The van der Waals surface area contributed by atoms with Crippen LogP contribution in [-0.2, 0) is 29.0 Å². The number of rotatable bonds is 6.